The number of hydrogen-bond acceptors (Lipinski definition) is 2. The number of ketones is 1. The Hall–Kier alpha value is -1.83. The van der Waals surface area contributed by atoms with Gasteiger partial charge in [-0.25, -0.2) is 0 Å². The van der Waals surface area contributed by atoms with Crippen LogP contribution in [-0.4, -0.2) is 5.78 Å². The first kappa shape index (κ1) is 5.48. The molecule has 1 heterocycles. The molecule has 0 spiro atoms. The minimum Gasteiger partial charge on any atom is -0.457 e. The summed E-state index contributed by atoms with van der Waals surface area (Å²) in [6.07, 6.45) is 0. The lowest BCUT2D eigenvalue weighted by molar-refractivity contribution is 0.0987. The van der Waals surface area contributed by atoms with Gasteiger partial charge in [-0.1, -0.05) is 30.3 Å². The Kier molecular flexibility index (Phi) is 1.36. The maximum absolute atomic E-state index is 12.1. The fourth-order valence-corrected chi connectivity index (χ4v) is 1.63. The minimum atomic E-state index is -2.90. The summed E-state index contributed by atoms with van der Waals surface area (Å²) in [5, 5.41) is 0. The van der Waals surface area contributed by atoms with Gasteiger partial charge in [0.2, 0.25) is 0 Å². The normalized spacial score (nSPS) is 17.6. The van der Waals surface area contributed by atoms with Crippen LogP contribution in [0.15, 0.2) is 34.7 Å². The number of benzene rings is 1. The molecular weight excluding hydrogens is 200 g/mol. The molecule has 0 N–H and O–H groups in total. The van der Waals surface area contributed by atoms with Crippen LogP contribution >= 0.6 is 0 Å². The molecule has 0 saturated heterocycles. The molecule has 0 aliphatic rings. The van der Waals surface area contributed by atoms with Gasteiger partial charge < -0.3 is 4.42 Å². The quantitative estimate of drug-likeness (QED) is 0.721. The number of rotatable bonds is 2. The third-order valence-corrected chi connectivity index (χ3v) is 2.42. The van der Waals surface area contributed by atoms with E-state index in [1.165, 1.54) is 6.92 Å². The van der Waals surface area contributed by atoms with E-state index in [0.29, 0.717) is 5.56 Å². The van der Waals surface area contributed by atoms with Crippen molar-refractivity contribution in [3.8, 4) is 11.1 Å². The number of aryl methyl sites for hydroxylation is 1. The number of Topliss-reactive ketones (excluding diaryl/α,β-unsaturated/α-hetero) is 1. The van der Waals surface area contributed by atoms with Crippen molar-refractivity contribution in [2.24, 2.45) is 0 Å². The van der Waals surface area contributed by atoms with Gasteiger partial charge in [0.25, 0.3) is 0 Å². The van der Waals surface area contributed by atoms with Crippen molar-refractivity contribution >= 4 is 5.78 Å². The van der Waals surface area contributed by atoms with Gasteiger partial charge in [0.15, 0.2) is 11.5 Å². The molecule has 0 fully saturated rings. The van der Waals surface area contributed by atoms with E-state index in [0.717, 1.165) is 0 Å². The van der Waals surface area contributed by atoms with Gasteiger partial charge in [-0.15, -0.1) is 0 Å². The average Bonchev–Trinajstić information content (AvgIpc) is 2.75. The van der Waals surface area contributed by atoms with Crippen LogP contribution in [0.3, 0.4) is 0 Å². The fourth-order valence-electron chi connectivity index (χ4n) is 1.63. The fraction of sp³-hybridized carbons (Fsp3) is 0.214. The predicted molar refractivity (Wildman–Crippen MR) is 63.6 cm³/mol. The molecule has 2 nitrogen and oxygen atoms in total. The summed E-state index contributed by atoms with van der Waals surface area (Å²) in [6, 6.07) is 8.50. The second kappa shape index (κ2) is 3.97. The maximum Gasteiger partial charge on any atom is 0.195 e. The van der Waals surface area contributed by atoms with E-state index < -0.39 is 25.2 Å². The summed E-state index contributed by atoms with van der Waals surface area (Å²) in [4.78, 5) is 12.1. The summed E-state index contributed by atoms with van der Waals surface area (Å²) >= 11 is 0. The molecule has 0 radical (unpaired) electrons. The zero-order valence-corrected chi connectivity index (χ0v) is 8.70. The van der Waals surface area contributed by atoms with Gasteiger partial charge in [-0.05, 0) is 24.9 Å². The van der Waals surface area contributed by atoms with Gasteiger partial charge in [-0.2, -0.15) is 0 Å². The Morgan fingerprint density at radius 3 is 2.69 bits per heavy atom. The molecule has 2 rings (SSSR count). The van der Waals surface area contributed by atoms with Crippen LogP contribution in [0.2, 0.25) is 0 Å². The highest BCUT2D eigenvalue weighted by atomic mass is 16.3. The molecule has 0 unspecified atom stereocenters. The smallest absolute Gasteiger partial charge is 0.195 e. The van der Waals surface area contributed by atoms with Crippen LogP contribution < -0.4 is 0 Å². The Morgan fingerprint density at radius 2 is 2.06 bits per heavy atom. The van der Waals surface area contributed by atoms with E-state index in [1.54, 1.807) is 30.3 Å². The lowest BCUT2D eigenvalue weighted by atomic mass is 10.00. The summed E-state index contributed by atoms with van der Waals surface area (Å²) in [7, 11) is 0. The zero-order chi connectivity index (χ0) is 16.7. The Labute approximate surface area is 103 Å². The number of hydrogen-bond donors (Lipinski definition) is 0. The van der Waals surface area contributed by atoms with Gasteiger partial charge in [0, 0.05) is 20.6 Å². The van der Waals surface area contributed by atoms with Crippen molar-refractivity contribution in [3.63, 3.8) is 0 Å². The summed E-state index contributed by atoms with van der Waals surface area (Å²) in [5.74, 6) is -2.00. The van der Waals surface area contributed by atoms with Crippen molar-refractivity contribution in [1.29, 1.82) is 0 Å². The minimum absolute atomic E-state index is 0.216. The molecule has 0 saturated carbocycles. The second-order valence-corrected chi connectivity index (χ2v) is 3.46. The molecule has 82 valence electrons. The second-order valence-electron chi connectivity index (χ2n) is 3.46. The van der Waals surface area contributed by atoms with Crippen molar-refractivity contribution in [3.05, 3.63) is 47.4 Å². The third kappa shape index (κ3) is 1.67. The summed E-state index contributed by atoms with van der Waals surface area (Å²) < 4.78 is 49.4. The Morgan fingerprint density at radius 1 is 1.31 bits per heavy atom. The predicted octanol–water partition coefficient (Wildman–Crippen LogP) is 3.77. The molecule has 16 heavy (non-hydrogen) atoms. The first-order chi connectivity index (χ1) is 10.0. The monoisotopic (exact) mass is 220 g/mol. The van der Waals surface area contributed by atoms with E-state index in [-0.39, 0.29) is 16.9 Å². The van der Waals surface area contributed by atoms with Crippen LogP contribution in [0, 0.1) is 13.8 Å². The average molecular weight is 220 g/mol. The molecular formula is C14H14O2. The van der Waals surface area contributed by atoms with Crippen molar-refractivity contribution in [1.82, 2.24) is 0 Å². The molecule has 0 bridgehead atoms. The Balaban J connectivity index is 2.75. The first-order valence-corrected chi connectivity index (χ1v) is 4.77. The van der Waals surface area contributed by atoms with Gasteiger partial charge in [0.1, 0.15) is 5.76 Å². The van der Waals surface area contributed by atoms with E-state index in [1.807, 2.05) is 0 Å². The summed E-state index contributed by atoms with van der Waals surface area (Å²) in [6.45, 7) is -3.97. The molecule has 0 aliphatic heterocycles. The number of furan rings is 1. The van der Waals surface area contributed by atoms with Gasteiger partial charge in [-0.3, -0.25) is 4.79 Å². The van der Waals surface area contributed by atoms with Gasteiger partial charge >= 0.3 is 0 Å². The van der Waals surface area contributed by atoms with E-state index in [2.05, 4.69) is 0 Å². The van der Waals surface area contributed by atoms with Gasteiger partial charge in [0.05, 0.1) is 0 Å². The third-order valence-electron chi connectivity index (χ3n) is 2.42. The molecule has 2 aromatic rings. The lowest BCUT2D eigenvalue weighted by Gasteiger charge is -2.01. The molecule has 0 aliphatic carbocycles. The maximum atomic E-state index is 12.1. The highest BCUT2D eigenvalue weighted by Gasteiger charge is 2.18. The van der Waals surface area contributed by atoms with Crippen LogP contribution in [-0.2, 0) is 0 Å². The SMILES string of the molecule is [2H]C([2H])([2H])C(=O)c1oc(C([2H])([2H])[2H])c(C)c1-c1ccccc1. The molecule has 2 heteroatoms. The van der Waals surface area contributed by atoms with E-state index >= 15 is 0 Å². The molecule has 0 amide bonds. The lowest BCUT2D eigenvalue weighted by Crippen LogP contribution is -1.92. The van der Waals surface area contributed by atoms with Crippen LogP contribution in [0.25, 0.3) is 11.1 Å². The zero-order valence-electron chi connectivity index (χ0n) is 14.7. The first-order valence-electron chi connectivity index (χ1n) is 7.77. The number of carbonyl (C=O) groups excluding carboxylic acids is 1. The van der Waals surface area contributed by atoms with E-state index in [9.17, 15) is 4.79 Å². The van der Waals surface area contributed by atoms with Crippen LogP contribution in [0.5, 0.6) is 0 Å². The Bertz CT molecular complexity index is 695. The largest absolute Gasteiger partial charge is 0.457 e. The molecule has 1 aromatic heterocycles. The highest BCUT2D eigenvalue weighted by molar-refractivity contribution is 5.99. The van der Waals surface area contributed by atoms with Crippen LogP contribution in [0.4, 0.5) is 0 Å². The summed E-state index contributed by atoms with van der Waals surface area (Å²) in [5.41, 5.74) is 0.999. The highest BCUT2D eigenvalue weighted by Crippen LogP contribution is 2.31. The van der Waals surface area contributed by atoms with Crippen molar-refractivity contribution in [2.45, 2.75) is 20.6 Å². The van der Waals surface area contributed by atoms with E-state index in [4.69, 9.17) is 12.6 Å². The van der Waals surface area contributed by atoms with Crippen LogP contribution in [0.1, 0.15) is 37.0 Å². The molecule has 0 atom stereocenters. The topological polar surface area (TPSA) is 30.2 Å². The molecule has 1 aromatic carbocycles. The van der Waals surface area contributed by atoms with Crippen molar-refractivity contribution < 1.29 is 17.4 Å². The van der Waals surface area contributed by atoms with Crippen molar-refractivity contribution in [2.75, 3.05) is 0 Å². The standard InChI is InChI=1S/C14H14O2/c1-9-11(3)16-14(10(2)15)13(9)12-7-5-4-6-8-12/h4-8H,1-3H3/i2D3,3D3. The number of carbonyl (C=O) groups is 1.